The lowest BCUT2D eigenvalue weighted by atomic mass is 9.67. The minimum absolute atomic E-state index is 0.000809. The van der Waals surface area contributed by atoms with Crippen LogP contribution in [0.15, 0.2) is 18.2 Å². The molecule has 0 spiro atoms. The Morgan fingerprint density at radius 2 is 1.81 bits per heavy atom. The van der Waals surface area contributed by atoms with Crippen LogP contribution in [0.1, 0.15) is 50.2 Å². The lowest BCUT2D eigenvalue weighted by molar-refractivity contribution is -0.161. The van der Waals surface area contributed by atoms with Gasteiger partial charge in [-0.3, -0.25) is 14.4 Å². The van der Waals surface area contributed by atoms with Crippen molar-refractivity contribution in [3.8, 4) is 0 Å². The highest BCUT2D eigenvalue weighted by Crippen LogP contribution is 2.40. The van der Waals surface area contributed by atoms with Crippen molar-refractivity contribution in [3.63, 3.8) is 0 Å². The maximum absolute atomic E-state index is 12.5. The van der Waals surface area contributed by atoms with E-state index in [1.807, 2.05) is 32.0 Å². The van der Waals surface area contributed by atoms with Gasteiger partial charge in [0, 0.05) is 17.5 Å². The van der Waals surface area contributed by atoms with Gasteiger partial charge in [-0.2, -0.15) is 0 Å². The molecule has 2 fully saturated rings. The second-order valence-corrected chi connectivity index (χ2v) is 7.78. The summed E-state index contributed by atoms with van der Waals surface area (Å²) in [4.78, 5) is 37.1. The SMILES string of the molecule is Cc1ccc(C)c(NC(=O)[C@@H](C)OC(=O)C2C[C@H]3CCC[C@@H](C2)C3=O)c1. The molecule has 0 radical (unpaired) electrons. The van der Waals surface area contributed by atoms with Gasteiger partial charge in [0.2, 0.25) is 0 Å². The van der Waals surface area contributed by atoms with Crippen LogP contribution in [0.25, 0.3) is 0 Å². The Balaban J connectivity index is 1.58. The fraction of sp³-hybridized carbons (Fsp3) is 0.571. The molecule has 2 aliphatic carbocycles. The van der Waals surface area contributed by atoms with E-state index in [9.17, 15) is 14.4 Å². The normalized spacial score (nSPS) is 26.1. The third-order valence-corrected chi connectivity index (χ3v) is 5.69. The number of carbonyl (C=O) groups excluding carboxylic acids is 3. The molecule has 0 saturated heterocycles. The highest BCUT2D eigenvalue weighted by atomic mass is 16.5. The second-order valence-electron chi connectivity index (χ2n) is 7.78. The van der Waals surface area contributed by atoms with Crippen molar-refractivity contribution in [2.45, 2.75) is 59.0 Å². The number of ether oxygens (including phenoxy) is 1. The molecule has 1 aromatic rings. The molecule has 26 heavy (non-hydrogen) atoms. The molecule has 1 aromatic carbocycles. The molecule has 140 valence electrons. The molecular weight excluding hydrogens is 330 g/mol. The zero-order chi connectivity index (χ0) is 18.8. The maximum atomic E-state index is 12.5. The van der Waals surface area contributed by atoms with Gasteiger partial charge in [-0.05, 0) is 63.6 Å². The lowest BCUT2D eigenvalue weighted by Crippen LogP contribution is -2.41. The van der Waals surface area contributed by atoms with Crippen LogP contribution in [0, 0.1) is 31.6 Å². The van der Waals surface area contributed by atoms with Gasteiger partial charge in [0.1, 0.15) is 5.78 Å². The molecule has 0 aromatic heterocycles. The molecule has 1 amide bonds. The summed E-state index contributed by atoms with van der Waals surface area (Å²) in [5, 5.41) is 2.84. The number of carbonyl (C=O) groups is 3. The zero-order valence-corrected chi connectivity index (χ0v) is 15.7. The lowest BCUT2D eigenvalue weighted by Gasteiger charge is -2.36. The van der Waals surface area contributed by atoms with E-state index in [0.717, 1.165) is 36.1 Å². The van der Waals surface area contributed by atoms with E-state index in [4.69, 9.17) is 4.74 Å². The van der Waals surface area contributed by atoms with E-state index in [1.165, 1.54) is 0 Å². The number of Topliss-reactive ketones (excluding diaryl/α,β-unsaturated/α-hetero) is 1. The molecule has 4 atom stereocenters. The molecule has 0 heterocycles. The number of hydrogen-bond acceptors (Lipinski definition) is 4. The van der Waals surface area contributed by atoms with Crippen LogP contribution in [0.5, 0.6) is 0 Å². The molecule has 5 heteroatoms. The predicted octanol–water partition coefficient (Wildman–Crippen LogP) is 3.57. The minimum Gasteiger partial charge on any atom is -0.452 e. The van der Waals surface area contributed by atoms with Crippen LogP contribution in [0.2, 0.25) is 0 Å². The summed E-state index contributed by atoms with van der Waals surface area (Å²) in [5.41, 5.74) is 2.74. The molecule has 1 unspecified atom stereocenters. The molecular formula is C21H27NO4. The highest BCUT2D eigenvalue weighted by molar-refractivity contribution is 5.96. The average molecular weight is 357 g/mol. The Kier molecular flexibility index (Phi) is 5.44. The Bertz CT molecular complexity index is 711. The number of anilines is 1. The Labute approximate surface area is 154 Å². The van der Waals surface area contributed by atoms with Crippen molar-refractivity contribution in [2.24, 2.45) is 17.8 Å². The fourth-order valence-corrected chi connectivity index (χ4v) is 4.10. The smallest absolute Gasteiger partial charge is 0.309 e. The van der Waals surface area contributed by atoms with E-state index in [0.29, 0.717) is 18.6 Å². The molecule has 0 aliphatic heterocycles. The second kappa shape index (κ2) is 7.60. The first-order valence-electron chi connectivity index (χ1n) is 9.47. The molecule has 2 saturated carbocycles. The van der Waals surface area contributed by atoms with Crippen LogP contribution < -0.4 is 5.32 Å². The van der Waals surface area contributed by atoms with Crippen molar-refractivity contribution >= 4 is 23.3 Å². The summed E-state index contributed by atoms with van der Waals surface area (Å²) in [5.74, 6) is -0.629. The van der Waals surface area contributed by atoms with Crippen molar-refractivity contribution in [2.75, 3.05) is 5.32 Å². The molecule has 3 rings (SSSR count). The summed E-state index contributed by atoms with van der Waals surface area (Å²) in [6, 6.07) is 5.82. The quantitative estimate of drug-likeness (QED) is 0.836. The first kappa shape index (κ1) is 18.6. The molecule has 5 nitrogen and oxygen atoms in total. The summed E-state index contributed by atoms with van der Waals surface area (Å²) < 4.78 is 5.43. The van der Waals surface area contributed by atoms with Crippen LogP contribution >= 0.6 is 0 Å². The fourth-order valence-electron chi connectivity index (χ4n) is 4.10. The molecule has 2 bridgehead atoms. The van der Waals surface area contributed by atoms with Crippen molar-refractivity contribution in [1.82, 2.24) is 0 Å². The van der Waals surface area contributed by atoms with Gasteiger partial charge < -0.3 is 10.1 Å². The molecule has 1 N–H and O–H groups in total. The Hall–Kier alpha value is -2.17. The Morgan fingerprint density at radius 3 is 2.46 bits per heavy atom. The predicted molar refractivity (Wildman–Crippen MR) is 98.7 cm³/mol. The van der Waals surface area contributed by atoms with Gasteiger partial charge in [0.15, 0.2) is 6.10 Å². The third-order valence-electron chi connectivity index (χ3n) is 5.69. The van der Waals surface area contributed by atoms with Gasteiger partial charge in [-0.15, -0.1) is 0 Å². The first-order chi connectivity index (χ1) is 12.3. The molecule has 2 aliphatic rings. The van der Waals surface area contributed by atoms with E-state index in [2.05, 4.69) is 5.32 Å². The van der Waals surface area contributed by atoms with Crippen LogP contribution in [0.3, 0.4) is 0 Å². The topological polar surface area (TPSA) is 72.5 Å². The van der Waals surface area contributed by atoms with Gasteiger partial charge in [0.25, 0.3) is 5.91 Å². The minimum atomic E-state index is -0.861. The number of esters is 1. The van der Waals surface area contributed by atoms with Crippen molar-refractivity contribution in [1.29, 1.82) is 0 Å². The van der Waals surface area contributed by atoms with Crippen molar-refractivity contribution < 1.29 is 19.1 Å². The number of nitrogens with one attached hydrogen (secondary N) is 1. The van der Waals surface area contributed by atoms with Crippen molar-refractivity contribution in [3.05, 3.63) is 29.3 Å². The summed E-state index contributed by atoms with van der Waals surface area (Å²) in [6.07, 6.45) is 3.10. The number of fused-ring (bicyclic) bond motifs is 2. The Morgan fingerprint density at radius 1 is 1.15 bits per heavy atom. The van der Waals surface area contributed by atoms with Gasteiger partial charge in [0.05, 0.1) is 5.92 Å². The summed E-state index contributed by atoms with van der Waals surface area (Å²) in [6.45, 7) is 5.47. The van der Waals surface area contributed by atoms with Gasteiger partial charge >= 0.3 is 5.97 Å². The van der Waals surface area contributed by atoms with E-state index in [-0.39, 0.29) is 29.6 Å². The van der Waals surface area contributed by atoms with Gasteiger partial charge in [-0.1, -0.05) is 18.6 Å². The van der Waals surface area contributed by atoms with Crippen LogP contribution in [-0.4, -0.2) is 23.8 Å². The van der Waals surface area contributed by atoms with Crippen LogP contribution in [-0.2, 0) is 19.1 Å². The number of hydrogen-bond donors (Lipinski definition) is 1. The largest absolute Gasteiger partial charge is 0.452 e. The zero-order valence-electron chi connectivity index (χ0n) is 15.7. The standard InChI is InChI=1S/C21H27NO4/c1-12-7-8-13(2)18(9-12)22-20(24)14(3)26-21(25)17-10-15-5-4-6-16(11-17)19(15)23/h7-9,14-17H,4-6,10-11H2,1-3H3,(H,22,24)/t14-,15-,16+,17?/m1/s1. The summed E-state index contributed by atoms with van der Waals surface area (Å²) >= 11 is 0. The maximum Gasteiger partial charge on any atom is 0.309 e. The number of ketones is 1. The number of aryl methyl sites for hydroxylation is 2. The van der Waals surface area contributed by atoms with E-state index < -0.39 is 6.10 Å². The first-order valence-corrected chi connectivity index (χ1v) is 9.47. The highest BCUT2D eigenvalue weighted by Gasteiger charge is 2.42. The van der Waals surface area contributed by atoms with E-state index in [1.54, 1.807) is 6.92 Å². The average Bonchev–Trinajstić information content (AvgIpc) is 2.57. The third kappa shape index (κ3) is 3.97. The van der Waals surface area contributed by atoms with Gasteiger partial charge in [-0.25, -0.2) is 0 Å². The number of benzene rings is 1. The summed E-state index contributed by atoms with van der Waals surface area (Å²) in [7, 11) is 0. The number of rotatable bonds is 4. The van der Waals surface area contributed by atoms with E-state index >= 15 is 0 Å². The van der Waals surface area contributed by atoms with Crippen LogP contribution in [0.4, 0.5) is 5.69 Å². The monoisotopic (exact) mass is 357 g/mol. The number of amides is 1.